The van der Waals surface area contributed by atoms with Crippen LogP contribution in [0.15, 0.2) is 18.5 Å². The highest BCUT2D eigenvalue weighted by Crippen LogP contribution is 2.37. The van der Waals surface area contributed by atoms with E-state index in [1.54, 1.807) is 12.4 Å². The van der Waals surface area contributed by atoms with Crippen LogP contribution in [-0.2, 0) is 0 Å². The first kappa shape index (κ1) is 12.0. The molecule has 0 unspecified atom stereocenters. The van der Waals surface area contributed by atoms with Gasteiger partial charge in [0.25, 0.3) is 8.32 Å². The molecule has 0 aliphatic rings. The lowest BCUT2D eigenvalue weighted by molar-refractivity contribution is 0.490. The monoisotopic (exact) mass is 224 g/mol. The molecule has 0 amide bonds. The smallest absolute Gasteiger partial charge is 0.250 e. The molecule has 2 N–H and O–H groups in total. The number of rotatable bonds is 2. The minimum absolute atomic E-state index is 0.192. The number of nitrogen functional groups attached to an aromatic ring is 1. The molecule has 1 aromatic heterocycles. The van der Waals surface area contributed by atoms with E-state index in [1.807, 2.05) is 6.07 Å². The molecular weight excluding hydrogens is 204 g/mol. The summed E-state index contributed by atoms with van der Waals surface area (Å²) in [5.74, 6) is 0.779. The third kappa shape index (κ3) is 2.96. The fourth-order valence-electron chi connectivity index (χ4n) is 0.939. The second kappa shape index (κ2) is 3.85. The van der Waals surface area contributed by atoms with Gasteiger partial charge in [-0.05, 0) is 18.1 Å². The molecule has 84 valence electrons. The van der Waals surface area contributed by atoms with Crippen molar-refractivity contribution in [3.63, 3.8) is 0 Å². The summed E-state index contributed by atoms with van der Waals surface area (Å²) in [5, 5.41) is 0.192. The fraction of sp³-hybridized carbons (Fsp3) is 0.545. The van der Waals surface area contributed by atoms with E-state index in [2.05, 4.69) is 38.8 Å². The normalized spacial score (nSPS) is 12.6. The summed E-state index contributed by atoms with van der Waals surface area (Å²) in [7, 11) is -1.76. The van der Waals surface area contributed by atoms with E-state index in [0.29, 0.717) is 5.69 Å². The van der Waals surface area contributed by atoms with E-state index in [9.17, 15) is 0 Å². The Hall–Kier alpha value is -1.03. The SMILES string of the molecule is CC(C)(C)[Si](C)(C)Oc1cncc(N)c1. The summed E-state index contributed by atoms with van der Waals surface area (Å²) in [5.41, 5.74) is 6.30. The van der Waals surface area contributed by atoms with Crippen LogP contribution in [0.4, 0.5) is 5.69 Å². The molecule has 0 fully saturated rings. The highest BCUT2D eigenvalue weighted by molar-refractivity contribution is 6.74. The van der Waals surface area contributed by atoms with Gasteiger partial charge in [0, 0.05) is 6.07 Å². The van der Waals surface area contributed by atoms with Gasteiger partial charge in [-0.2, -0.15) is 0 Å². The molecule has 1 aromatic rings. The Morgan fingerprint density at radius 1 is 1.27 bits per heavy atom. The number of hydrogen-bond acceptors (Lipinski definition) is 3. The first-order chi connectivity index (χ1) is 6.72. The molecule has 15 heavy (non-hydrogen) atoms. The fourth-order valence-corrected chi connectivity index (χ4v) is 1.95. The van der Waals surface area contributed by atoms with Crippen LogP contribution in [0.25, 0.3) is 0 Å². The molecule has 0 aliphatic carbocycles. The van der Waals surface area contributed by atoms with Crippen molar-refractivity contribution in [2.24, 2.45) is 0 Å². The molecule has 1 rings (SSSR count). The van der Waals surface area contributed by atoms with Crippen LogP contribution < -0.4 is 10.2 Å². The van der Waals surface area contributed by atoms with Gasteiger partial charge in [0.15, 0.2) is 0 Å². The maximum atomic E-state index is 6.04. The van der Waals surface area contributed by atoms with Crippen molar-refractivity contribution in [1.82, 2.24) is 4.98 Å². The minimum Gasteiger partial charge on any atom is -0.542 e. The van der Waals surface area contributed by atoms with Crippen molar-refractivity contribution < 1.29 is 4.43 Å². The molecule has 0 aromatic carbocycles. The van der Waals surface area contributed by atoms with Gasteiger partial charge in [0.05, 0.1) is 18.1 Å². The van der Waals surface area contributed by atoms with Crippen LogP contribution in [0.5, 0.6) is 5.75 Å². The number of hydrogen-bond donors (Lipinski definition) is 1. The zero-order chi connectivity index (χ0) is 11.7. The second-order valence-electron chi connectivity index (χ2n) is 5.32. The number of nitrogens with zero attached hydrogens (tertiary/aromatic N) is 1. The van der Waals surface area contributed by atoms with Crippen molar-refractivity contribution in [2.45, 2.75) is 38.9 Å². The number of pyridine rings is 1. The zero-order valence-corrected chi connectivity index (χ0v) is 11.2. The van der Waals surface area contributed by atoms with E-state index in [1.165, 1.54) is 0 Å². The first-order valence-electron chi connectivity index (χ1n) is 5.12. The Morgan fingerprint density at radius 3 is 2.33 bits per heavy atom. The average Bonchev–Trinajstić information content (AvgIpc) is 2.00. The van der Waals surface area contributed by atoms with Crippen molar-refractivity contribution in [3.05, 3.63) is 18.5 Å². The van der Waals surface area contributed by atoms with Crippen LogP contribution in [0.2, 0.25) is 18.1 Å². The molecule has 0 atom stereocenters. The Labute approximate surface area is 92.8 Å². The maximum Gasteiger partial charge on any atom is 0.250 e. The summed E-state index contributed by atoms with van der Waals surface area (Å²) in [6, 6.07) is 1.83. The van der Waals surface area contributed by atoms with Crippen molar-refractivity contribution in [3.8, 4) is 5.75 Å². The van der Waals surface area contributed by atoms with Gasteiger partial charge >= 0.3 is 0 Å². The lowest BCUT2D eigenvalue weighted by atomic mass is 10.2. The average molecular weight is 224 g/mol. The minimum atomic E-state index is -1.76. The number of anilines is 1. The van der Waals surface area contributed by atoms with Crippen LogP contribution >= 0.6 is 0 Å². The van der Waals surface area contributed by atoms with Gasteiger partial charge < -0.3 is 10.2 Å². The van der Waals surface area contributed by atoms with Gasteiger partial charge in [0.1, 0.15) is 5.75 Å². The van der Waals surface area contributed by atoms with E-state index in [0.717, 1.165) is 5.75 Å². The van der Waals surface area contributed by atoms with E-state index in [-0.39, 0.29) is 5.04 Å². The predicted octanol–water partition coefficient (Wildman–Crippen LogP) is 3.05. The largest absolute Gasteiger partial charge is 0.542 e. The molecule has 0 saturated heterocycles. The first-order valence-corrected chi connectivity index (χ1v) is 8.03. The summed E-state index contributed by atoms with van der Waals surface area (Å²) in [4.78, 5) is 4.02. The molecule has 0 bridgehead atoms. The molecular formula is C11H20N2OSi. The Kier molecular flexibility index (Phi) is 3.09. The predicted molar refractivity (Wildman–Crippen MR) is 66.5 cm³/mol. The topological polar surface area (TPSA) is 48.1 Å². The van der Waals surface area contributed by atoms with Crippen molar-refractivity contribution in [2.75, 3.05) is 5.73 Å². The molecule has 0 spiro atoms. The lowest BCUT2D eigenvalue weighted by Crippen LogP contribution is -2.43. The van der Waals surface area contributed by atoms with Crippen LogP contribution in [0.3, 0.4) is 0 Å². The summed E-state index contributed by atoms with van der Waals surface area (Å²) >= 11 is 0. The third-order valence-electron chi connectivity index (χ3n) is 2.91. The summed E-state index contributed by atoms with van der Waals surface area (Å²) in [6.07, 6.45) is 3.34. The van der Waals surface area contributed by atoms with Gasteiger partial charge in [-0.1, -0.05) is 20.8 Å². The summed E-state index contributed by atoms with van der Waals surface area (Å²) < 4.78 is 6.04. The van der Waals surface area contributed by atoms with Gasteiger partial charge in [-0.25, -0.2) is 0 Å². The summed E-state index contributed by atoms with van der Waals surface area (Å²) in [6.45, 7) is 11.0. The van der Waals surface area contributed by atoms with Gasteiger partial charge in [0.2, 0.25) is 0 Å². The van der Waals surface area contributed by atoms with E-state index < -0.39 is 8.32 Å². The quantitative estimate of drug-likeness (QED) is 0.785. The molecule has 3 nitrogen and oxygen atoms in total. The van der Waals surface area contributed by atoms with Crippen LogP contribution in [0, 0.1) is 0 Å². The zero-order valence-electron chi connectivity index (χ0n) is 10.2. The Morgan fingerprint density at radius 2 is 1.87 bits per heavy atom. The van der Waals surface area contributed by atoms with Crippen molar-refractivity contribution in [1.29, 1.82) is 0 Å². The van der Waals surface area contributed by atoms with E-state index >= 15 is 0 Å². The molecule has 0 radical (unpaired) electrons. The molecule has 0 saturated carbocycles. The second-order valence-corrected chi connectivity index (χ2v) is 10.0. The maximum absolute atomic E-state index is 6.04. The highest BCUT2D eigenvalue weighted by atomic mass is 28.4. The molecule has 0 aliphatic heterocycles. The highest BCUT2D eigenvalue weighted by Gasteiger charge is 2.38. The number of nitrogens with two attached hydrogens (primary N) is 1. The number of aromatic nitrogens is 1. The van der Waals surface area contributed by atoms with Gasteiger partial charge in [-0.3, -0.25) is 4.98 Å². The third-order valence-corrected chi connectivity index (χ3v) is 7.27. The van der Waals surface area contributed by atoms with Crippen LogP contribution in [0.1, 0.15) is 20.8 Å². The molecule has 4 heteroatoms. The standard InChI is InChI=1S/C11H20N2OSi/c1-11(2,3)15(4,5)14-10-6-9(12)7-13-8-10/h6-8H,12H2,1-5H3. The van der Waals surface area contributed by atoms with Gasteiger partial charge in [-0.15, -0.1) is 0 Å². The Bertz CT molecular complexity index is 345. The van der Waals surface area contributed by atoms with Crippen molar-refractivity contribution >= 4 is 14.0 Å². The molecule has 1 heterocycles. The van der Waals surface area contributed by atoms with E-state index in [4.69, 9.17) is 10.2 Å². The Balaban J connectivity index is 2.87. The van der Waals surface area contributed by atoms with Crippen LogP contribution in [-0.4, -0.2) is 13.3 Å². The lowest BCUT2D eigenvalue weighted by Gasteiger charge is -2.36.